The van der Waals surface area contributed by atoms with Crippen LogP contribution in [0.25, 0.3) is 0 Å². The molecule has 0 saturated heterocycles. The fraction of sp³-hybridized carbons (Fsp3) is 0.632. The molecule has 0 unspecified atom stereocenters. The molecule has 5 nitrogen and oxygen atoms in total. The van der Waals surface area contributed by atoms with Crippen LogP contribution in [-0.2, 0) is 11.3 Å². The van der Waals surface area contributed by atoms with Crippen LogP contribution >= 0.6 is 24.0 Å². The Bertz CT molecular complexity index is 599. The number of ether oxygens (including phenoxy) is 2. The van der Waals surface area contributed by atoms with E-state index < -0.39 is 5.91 Å². The van der Waals surface area contributed by atoms with Gasteiger partial charge in [-0.1, -0.05) is 32.4 Å². The van der Waals surface area contributed by atoms with Crippen LogP contribution in [0.5, 0.6) is 11.5 Å². The lowest BCUT2D eigenvalue weighted by Gasteiger charge is -2.33. The number of halogens is 2. The van der Waals surface area contributed by atoms with Crippen molar-refractivity contribution >= 4 is 29.9 Å². The molecule has 1 amide bonds. The molecule has 0 saturated carbocycles. The molecule has 0 heterocycles. The summed E-state index contributed by atoms with van der Waals surface area (Å²) in [5.41, 5.74) is 6.34. The number of amides is 1. The fourth-order valence-corrected chi connectivity index (χ4v) is 3.29. The van der Waals surface area contributed by atoms with E-state index in [1.54, 1.807) is 0 Å². The summed E-state index contributed by atoms with van der Waals surface area (Å²) in [6.07, 6.45) is 1.03. The van der Waals surface area contributed by atoms with Gasteiger partial charge in [0.05, 0.1) is 11.6 Å². The highest BCUT2D eigenvalue weighted by atomic mass is 35.5. The monoisotopic (exact) mass is 406 g/mol. The van der Waals surface area contributed by atoms with E-state index in [4.69, 9.17) is 26.8 Å². The maximum atomic E-state index is 11.0. The van der Waals surface area contributed by atoms with Crippen LogP contribution < -0.4 is 20.5 Å². The summed E-state index contributed by atoms with van der Waals surface area (Å²) in [6, 6.07) is 3.70. The summed E-state index contributed by atoms with van der Waals surface area (Å²) in [5.74, 6) is 0.301. The van der Waals surface area contributed by atoms with Crippen molar-refractivity contribution in [2.24, 2.45) is 11.1 Å². The minimum atomic E-state index is -0.562. The average molecular weight is 407 g/mol. The molecule has 0 spiro atoms. The van der Waals surface area contributed by atoms with Gasteiger partial charge in [0.25, 0.3) is 5.91 Å². The summed E-state index contributed by atoms with van der Waals surface area (Å²) in [7, 11) is 0. The standard InChI is InChI=1S/C19H31ClN2O3.ClH/c1-7-24-15-9-13(8-14(20)17(15)25-11-16(21)23)10-22-19(5,6)12-18(2,3)4;/h8-9,22H,7,10-12H2,1-6H3,(H2,21,23);1H. The molecule has 26 heavy (non-hydrogen) atoms. The number of carbonyl (C=O) groups excluding carboxylic acids is 1. The number of rotatable bonds is 9. The van der Waals surface area contributed by atoms with Gasteiger partial charge in [0.2, 0.25) is 0 Å². The molecule has 0 radical (unpaired) electrons. The SMILES string of the molecule is CCOc1cc(CNC(C)(C)CC(C)(C)C)cc(Cl)c1OCC(N)=O.Cl. The van der Waals surface area contributed by atoms with E-state index >= 15 is 0 Å². The molecule has 7 heteroatoms. The van der Waals surface area contributed by atoms with Crippen molar-refractivity contribution in [3.63, 3.8) is 0 Å². The van der Waals surface area contributed by atoms with E-state index in [9.17, 15) is 4.79 Å². The van der Waals surface area contributed by atoms with Gasteiger partial charge in [-0.15, -0.1) is 12.4 Å². The Labute approximate surface area is 168 Å². The summed E-state index contributed by atoms with van der Waals surface area (Å²) < 4.78 is 11.0. The third-order valence-electron chi connectivity index (χ3n) is 3.47. The van der Waals surface area contributed by atoms with E-state index in [2.05, 4.69) is 39.9 Å². The molecule has 1 rings (SSSR count). The van der Waals surface area contributed by atoms with Crippen molar-refractivity contribution in [1.29, 1.82) is 0 Å². The van der Waals surface area contributed by atoms with Gasteiger partial charge in [0.15, 0.2) is 18.1 Å². The Balaban J connectivity index is 0.00000625. The Morgan fingerprint density at radius 2 is 1.81 bits per heavy atom. The highest BCUT2D eigenvalue weighted by molar-refractivity contribution is 6.32. The first-order valence-corrected chi connectivity index (χ1v) is 8.92. The maximum Gasteiger partial charge on any atom is 0.255 e. The van der Waals surface area contributed by atoms with Crippen molar-refractivity contribution < 1.29 is 14.3 Å². The number of hydrogen-bond acceptors (Lipinski definition) is 4. The zero-order chi connectivity index (χ0) is 19.3. The minimum absolute atomic E-state index is 0. The van der Waals surface area contributed by atoms with Gasteiger partial charge in [-0.05, 0) is 50.3 Å². The highest BCUT2D eigenvalue weighted by Gasteiger charge is 2.25. The Hall–Kier alpha value is -1.17. The smallest absolute Gasteiger partial charge is 0.255 e. The second-order valence-electron chi connectivity index (χ2n) is 8.07. The van der Waals surface area contributed by atoms with Gasteiger partial charge >= 0.3 is 0 Å². The van der Waals surface area contributed by atoms with Crippen LogP contribution in [0.4, 0.5) is 0 Å². The minimum Gasteiger partial charge on any atom is -0.490 e. The Kier molecular flexibility index (Phi) is 9.78. The number of carbonyl (C=O) groups is 1. The van der Waals surface area contributed by atoms with E-state index in [-0.39, 0.29) is 30.0 Å². The Morgan fingerprint density at radius 1 is 1.19 bits per heavy atom. The normalized spacial score (nSPS) is 11.7. The lowest BCUT2D eigenvalue weighted by molar-refractivity contribution is -0.119. The number of nitrogens with two attached hydrogens (primary N) is 1. The zero-order valence-electron chi connectivity index (χ0n) is 16.6. The van der Waals surface area contributed by atoms with Crippen LogP contribution in [0.3, 0.4) is 0 Å². The van der Waals surface area contributed by atoms with E-state index in [0.717, 1.165) is 12.0 Å². The van der Waals surface area contributed by atoms with Crippen LogP contribution in [0.1, 0.15) is 53.5 Å². The van der Waals surface area contributed by atoms with E-state index in [0.29, 0.717) is 29.7 Å². The maximum absolute atomic E-state index is 11.0. The van der Waals surface area contributed by atoms with Gasteiger partial charge in [-0.3, -0.25) is 4.79 Å². The van der Waals surface area contributed by atoms with Gasteiger partial charge in [-0.25, -0.2) is 0 Å². The first-order chi connectivity index (χ1) is 11.4. The molecule has 1 aromatic rings. The Morgan fingerprint density at radius 3 is 2.31 bits per heavy atom. The summed E-state index contributed by atoms with van der Waals surface area (Å²) >= 11 is 6.33. The van der Waals surface area contributed by atoms with Gasteiger partial charge in [0.1, 0.15) is 0 Å². The van der Waals surface area contributed by atoms with Crippen molar-refractivity contribution in [2.75, 3.05) is 13.2 Å². The second-order valence-corrected chi connectivity index (χ2v) is 8.47. The molecule has 0 atom stereocenters. The number of nitrogens with one attached hydrogen (secondary N) is 1. The molecular weight excluding hydrogens is 375 g/mol. The molecule has 0 aliphatic heterocycles. The van der Waals surface area contributed by atoms with Crippen molar-refractivity contribution in [3.8, 4) is 11.5 Å². The van der Waals surface area contributed by atoms with E-state index in [1.807, 2.05) is 19.1 Å². The lowest BCUT2D eigenvalue weighted by Crippen LogP contribution is -2.41. The van der Waals surface area contributed by atoms with E-state index in [1.165, 1.54) is 0 Å². The zero-order valence-corrected chi connectivity index (χ0v) is 18.1. The molecule has 3 N–H and O–H groups in total. The first kappa shape index (κ1) is 24.8. The topological polar surface area (TPSA) is 73.6 Å². The molecule has 0 aliphatic rings. The van der Waals surface area contributed by atoms with Gasteiger partial charge in [0, 0.05) is 12.1 Å². The molecule has 1 aromatic carbocycles. The molecule has 150 valence electrons. The van der Waals surface area contributed by atoms with Gasteiger partial charge in [-0.2, -0.15) is 0 Å². The van der Waals surface area contributed by atoms with Crippen LogP contribution in [0.2, 0.25) is 5.02 Å². The third-order valence-corrected chi connectivity index (χ3v) is 3.75. The lowest BCUT2D eigenvalue weighted by atomic mass is 9.82. The predicted octanol–water partition coefficient (Wildman–Crippen LogP) is 4.33. The summed E-state index contributed by atoms with van der Waals surface area (Å²) in [5, 5.41) is 3.97. The molecule has 0 aliphatic carbocycles. The quantitative estimate of drug-likeness (QED) is 0.639. The van der Waals surface area contributed by atoms with Gasteiger partial charge < -0.3 is 20.5 Å². The van der Waals surface area contributed by atoms with Crippen molar-refractivity contribution in [3.05, 3.63) is 22.7 Å². The highest BCUT2D eigenvalue weighted by Crippen LogP contribution is 2.37. The van der Waals surface area contributed by atoms with Crippen LogP contribution in [0.15, 0.2) is 12.1 Å². The number of primary amides is 1. The predicted molar refractivity (Wildman–Crippen MR) is 110 cm³/mol. The molecular formula is C19H32Cl2N2O3. The average Bonchev–Trinajstić information content (AvgIpc) is 2.42. The molecule has 0 fully saturated rings. The second kappa shape index (κ2) is 10.2. The van der Waals surface area contributed by atoms with Crippen LogP contribution in [-0.4, -0.2) is 24.7 Å². The molecule has 0 bridgehead atoms. The number of benzene rings is 1. The van der Waals surface area contributed by atoms with Crippen LogP contribution in [0, 0.1) is 5.41 Å². The summed E-state index contributed by atoms with van der Waals surface area (Å²) in [6.45, 7) is 13.8. The van der Waals surface area contributed by atoms with Crippen molar-refractivity contribution in [1.82, 2.24) is 5.32 Å². The fourth-order valence-electron chi connectivity index (χ4n) is 3.00. The third kappa shape index (κ3) is 8.97. The molecule has 0 aromatic heterocycles. The first-order valence-electron chi connectivity index (χ1n) is 8.55. The number of hydrogen-bond donors (Lipinski definition) is 2. The largest absolute Gasteiger partial charge is 0.490 e. The van der Waals surface area contributed by atoms with Crippen molar-refractivity contribution in [2.45, 2.75) is 60.0 Å². The summed E-state index contributed by atoms with van der Waals surface area (Å²) in [4.78, 5) is 11.0.